The molecule has 8 heteroatoms. The molecule has 0 amide bonds. The van der Waals surface area contributed by atoms with Gasteiger partial charge in [-0.2, -0.15) is 5.10 Å². The van der Waals surface area contributed by atoms with Crippen molar-refractivity contribution in [1.29, 1.82) is 0 Å². The molecule has 2 heterocycles. The zero-order valence-corrected chi connectivity index (χ0v) is 16.6. The number of aromatic nitrogens is 4. The molecule has 142 valence electrons. The van der Waals surface area contributed by atoms with E-state index < -0.39 is 0 Å². The predicted molar refractivity (Wildman–Crippen MR) is 112 cm³/mol. The standard InChI is InChI=1S/C20H17ClN4O2S/c1-2-27-17-10-6-5-9-16(17)25-19(26)14-11-22-24-18(14)23-20(25)28-12-13-7-3-4-8-15(13)21/h3-11H,2,12H2,1H3,(H,22,24). The average molecular weight is 413 g/mol. The number of aromatic amines is 1. The van der Waals surface area contributed by atoms with Gasteiger partial charge in [-0.05, 0) is 30.7 Å². The van der Waals surface area contributed by atoms with Crippen LogP contribution in [0.25, 0.3) is 16.7 Å². The van der Waals surface area contributed by atoms with Crippen molar-refractivity contribution in [3.63, 3.8) is 0 Å². The highest BCUT2D eigenvalue weighted by Crippen LogP contribution is 2.30. The van der Waals surface area contributed by atoms with E-state index in [0.717, 1.165) is 5.56 Å². The molecule has 0 bridgehead atoms. The predicted octanol–water partition coefficient (Wildman–Crippen LogP) is 4.45. The van der Waals surface area contributed by atoms with Crippen LogP contribution in [0, 0.1) is 0 Å². The smallest absolute Gasteiger partial charge is 0.270 e. The fourth-order valence-corrected chi connectivity index (χ4v) is 4.14. The molecule has 1 N–H and O–H groups in total. The van der Waals surface area contributed by atoms with Crippen LogP contribution in [0.2, 0.25) is 5.02 Å². The number of hydrogen-bond acceptors (Lipinski definition) is 5. The van der Waals surface area contributed by atoms with Gasteiger partial charge in [-0.3, -0.25) is 14.5 Å². The molecule has 4 rings (SSSR count). The van der Waals surface area contributed by atoms with Gasteiger partial charge in [0.1, 0.15) is 11.1 Å². The lowest BCUT2D eigenvalue weighted by Gasteiger charge is -2.15. The van der Waals surface area contributed by atoms with Crippen LogP contribution in [-0.2, 0) is 5.75 Å². The third-order valence-corrected chi connectivity index (χ3v) is 5.53. The maximum absolute atomic E-state index is 13.2. The molecule has 0 aliphatic rings. The number of halogens is 1. The van der Waals surface area contributed by atoms with Crippen molar-refractivity contribution >= 4 is 34.4 Å². The van der Waals surface area contributed by atoms with E-state index in [9.17, 15) is 4.79 Å². The summed E-state index contributed by atoms with van der Waals surface area (Å²) in [6.07, 6.45) is 1.49. The Morgan fingerprint density at radius 2 is 1.96 bits per heavy atom. The van der Waals surface area contributed by atoms with Crippen LogP contribution in [0.3, 0.4) is 0 Å². The van der Waals surface area contributed by atoms with Crippen LogP contribution in [0.15, 0.2) is 64.7 Å². The normalized spacial score (nSPS) is 11.1. The van der Waals surface area contributed by atoms with Crippen LogP contribution in [0.5, 0.6) is 5.75 Å². The Kier molecular flexibility index (Phi) is 5.36. The number of thioether (sulfide) groups is 1. The molecule has 6 nitrogen and oxygen atoms in total. The number of ether oxygens (including phenoxy) is 1. The minimum Gasteiger partial charge on any atom is -0.492 e. The zero-order chi connectivity index (χ0) is 19.5. The van der Waals surface area contributed by atoms with E-state index in [1.54, 1.807) is 4.57 Å². The molecule has 0 radical (unpaired) electrons. The van der Waals surface area contributed by atoms with Gasteiger partial charge >= 0.3 is 0 Å². The summed E-state index contributed by atoms with van der Waals surface area (Å²) in [5.74, 6) is 1.19. The lowest BCUT2D eigenvalue weighted by molar-refractivity contribution is 0.338. The summed E-state index contributed by atoms with van der Waals surface area (Å²) in [7, 11) is 0. The summed E-state index contributed by atoms with van der Waals surface area (Å²) in [6, 6.07) is 15.1. The molecular formula is C20H17ClN4O2S. The number of fused-ring (bicyclic) bond motifs is 1. The van der Waals surface area contributed by atoms with Gasteiger partial charge in [-0.15, -0.1) is 0 Å². The Balaban J connectivity index is 1.85. The minimum absolute atomic E-state index is 0.201. The van der Waals surface area contributed by atoms with E-state index >= 15 is 0 Å². The SMILES string of the molecule is CCOc1ccccc1-n1c(SCc2ccccc2Cl)nc2[nH]ncc2c1=O. The molecule has 0 spiro atoms. The highest BCUT2D eigenvalue weighted by molar-refractivity contribution is 7.98. The first-order valence-corrected chi connectivity index (χ1v) is 10.1. The molecule has 0 saturated heterocycles. The first-order valence-electron chi connectivity index (χ1n) is 8.73. The van der Waals surface area contributed by atoms with Crippen LogP contribution in [0.4, 0.5) is 0 Å². The van der Waals surface area contributed by atoms with Gasteiger partial charge in [-0.1, -0.05) is 53.7 Å². The van der Waals surface area contributed by atoms with Gasteiger partial charge in [0.05, 0.1) is 18.5 Å². The summed E-state index contributed by atoms with van der Waals surface area (Å²) < 4.78 is 7.31. The number of rotatable bonds is 6. The number of H-pyrrole nitrogens is 1. The minimum atomic E-state index is -0.201. The summed E-state index contributed by atoms with van der Waals surface area (Å²) >= 11 is 7.72. The van der Waals surface area contributed by atoms with Gasteiger partial charge in [0.15, 0.2) is 10.8 Å². The second kappa shape index (κ2) is 8.08. The zero-order valence-electron chi connectivity index (χ0n) is 15.1. The van der Waals surface area contributed by atoms with Crippen molar-refractivity contribution in [3.8, 4) is 11.4 Å². The maximum atomic E-state index is 13.2. The molecule has 0 aliphatic heterocycles. The molecule has 0 unspecified atom stereocenters. The molecule has 4 aromatic rings. The number of hydrogen-bond donors (Lipinski definition) is 1. The summed E-state index contributed by atoms with van der Waals surface area (Å²) in [6.45, 7) is 2.40. The Labute approximate surface area is 170 Å². The quantitative estimate of drug-likeness (QED) is 0.374. The number of para-hydroxylation sites is 2. The average Bonchev–Trinajstić information content (AvgIpc) is 3.17. The molecular weight excluding hydrogens is 396 g/mol. The lowest BCUT2D eigenvalue weighted by Crippen LogP contribution is -2.22. The van der Waals surface area contributed by atoms with Gasteiger partial charge < -0.3 is 4.74 Å². The van der Waals surface area contributed by atoms with Crippen LogP contribution >= 0.6 is 23.4 Å². The van der Waals surface area contributed by atoms with Crippen molar-refractivity contribution in [3.05, 3.63) is 75.7 Å². The van der Waals surface area contributed by atoms with E-state index in [-0.39, 0.29) is 5.56 Å². The monoisotopic (exact) mass is 412 g/mol. The Morgan fingerprint density at radius 1 is 1.18 bits per heavy atom. The van der Waals surface area contributed by atoms with Crippen molar-refractivity contribution in [2.75, 3.05) is 6.61 Å². The molecule has 0 atom stereocenters. The van der Waals surface area contributed by atoms with Crippen molar-refractivity contribution < 1.29 is 4.74 Å². The Hall–Kier alpha value is -2.77. The number of nitrogens with zero attached hydrogens (tertiary/aromatic N) is 3. The lowest BCUT2D eigenvalue weighted by atomic mass is 10.2. The Bertz CT molecular complexity index is 1190. The van der Waals surface area contributed by atoms with Gasteiger partial charge in [-0.25, -0.2) is 4.98 Å². The van der Waals surface area contributed by atoms with E-state index in [0.29, 0.717) is 45.0 Å². The van der Waals surface area contributed by atoms with E-state index in [4.69, 9.17) is 16.3 Å². The number of nitrogens with one attached hydrogen (secondary N) is 1. The highest BCUT2D eigenvalue weighted by atomic mass is 35.5. The van der Waals surface area contributed by atoms with Crippen molar-refractivity contribution in [2.45, 2.75) is 17.8 Å². The second-order valence-electron chi connectivity index (χ2n) is 5.95. The van der Waals surface area contributed by atoms with Gasteiger partial charge in [0.25, 0.3) is 5.56 Å². The first-order chi connectivity index (χ1) is 13.7. The van der Waals surface area contributed by atoms with E-state index in [2.05, 4.69) is 15.2 Å². The fourth-order valence-electron chi connectivity index (χ4n) is 2.86. The highest BCUT2D eigenvalue weighted by Gasteiger charge is 2.18. The molecule has 0 aliphatic carbocycles. The summed E-state index contributed by atoms with van der Waals surface area (Å²) in [4.78, 5) is 17.8. The number of benzene rings is 2. The van der Waals surface area contributed by atoms with Crippen LogP contribution < -0.4 is 10.3 Å². The topological polar surface area (TPSA) is 72.8 Å². The van der Waals surface area contributed by atoms with Crippen molar-refractivity contribution in [2.24, 2.45) is 0 Å². The van der Waals surface area contributed by atoms with Gasteiger partial charge in [0.2, 0.25) is 0 Å². The van der Waals surface area contributed by atoms with Crippen LogP contribution in [-0.4, -0.2) is 26.4 Å². The molecule has 0 saturated carbocycles. The first kappa shape index (κ1) is 18.6. The fraction of sp³-hybridized carbons (Fsp3) is 0.150. The van der Waals surface area contributed by atoms with Gasteiger partial charge in [0, 0.05) is 10.8 Å². The Morgan fingerprint density at radius 3 is 2.79 bits per heavy atom. The second-order valence-corrected chi connectivity index (χ2v) is 7.30. The van der Waals surface area contributed by atoms with E-state index in [1.807, 2.05) is 55.5 Å². The van der Waals surface area contributed by atoms with Crippen LogP contribution in [0.1, 0.15) is 12.5 Å². The molecule has 28 heavy (non-hydrogen) atoms. The molecule has 0 fully saturated rings. The van der Waals surface area contributed by atoms with E-state index in [1.165, 1.54) is 18.0 Å². The van der Waals surface area contributed by atoms with Crippen molar-refractivity contribution in [1.82, 2.24) is 19.7 Å². The molecule has 2 aromatic heterocycles. The third kappa shape index (κ3) is 3.50. The summed E-state index contributed by atoms with van der Waals surface area (Å²) in [5.41, 5.74) is 1.87. The summed E-state index contributed by atoms with van der Waals surface area (Å²) in [5, 5.41) is 8.39. The molecule has 2 aromatic carbocycles. The largest absolute Gasteiger partial charge is 0.492 e. The third-order valence-electron chi connectivity index (χ3n) is 4.17. The maximum Gasteiger partial charge on any atom is 0.270 e.